The average molecular weight is 448 g/mol. The minimum Gasteiger partial charge on any atom is -0.383 e. The highest BCUT2D eigenvalue weighted by molar-refractivity contribution is 7.91. The van der Waals surface area contributed by atoms with E-state index in [0.717, 1.165) is 18.2 Å². The first-order valence-electron chi connectivity index (χ1n) is 9.43. The summed E-state index contributed by atoms with van der Waals surface area (Å²) < 4.78 is 60.5. The van der Waals surface area contributed by atoms with Crippen molar-refractivity contribution in [3.8, 4) is 0 Å². The topological polar surface area (TPSA) is 77.4 Å². The van der Waals surface area contributed by atoms with Crippen molar-refractivity contribution in [2.45, 2.75) is 30.2 Å². The maximum absolute atomic E-state index is 13.6. The van der Waals surface area contributed by atoms with Gasteiger partial charge in [0.1, 0.15) is 22.3 Å². The summed E-state index contributed by atoms with van der Waals surface area (Å²) in [5.41, 5.74) is 1.10. The zero-order valence-electron chi connectivity index (χ0n) is 17.3. The van der Waals surface area contributed by atoms with Crippen molar-refractivity contribution in [2.75, 3.05) is 19.0 Å². The summed E-state index contributed by atoms with van der Waals surface area (Å²) in [6.45, 7) is 3.91. The quantitative estimate of drug-likeness (QED) is 0.552. The molecular formula is C22H22F2N2O4S. The molecule has 1 aromatic heterocycles. The minimum atomic E-state index is -4.10. The van der Waals surface area contributed by atoms with Crippen LogP contribution in [0.15, 0.2) is 58.3 Å². The van der Waals surface area contributed by atoms with Crippen molar-refractivity contribution in [3.63, 3.8) is 0 Å². The molecule has 0 radical (unpaired) electrons. The monoisotopic (exact) mass is 448 g/mol. The molecule has 31 heavy (non-hydrogen) atoms. The Labute approximate surface area is 179 Å². The number of nitrogens with one attached hydrogen (secondary N) is 1. The summed E-state index contributed by atoms with van der Waals surface area (Å²) in [4.78, 5) is 12.6. The molecule has 1 heterocycles. The van der Waals surface area contributed by atoms with Gasteiger partial charge in [0.25, 0.3) is 5.91 Å². The van der Waals surface area contributed by atoms with Crippen LogP contribution in [-0.4, -0.2) is 32.6 Å². The van der Waals surface area contributed by atoms with Crippen LogP contribution in [0.3, 0.4) is 0 Å². The Morgan fingerprint density at radius 3 is 2.35 bits per heavy atom. The van der Waals surface area contributed by atoms with Gasteiger partial charge in [-0.1, -0.05) is 6.07 Å². The predicted molar refractivity (Wildman–Crippen MR) is 112 cm³/mol. The molecule has 3 aromatic rings. The highest BCUT2D eigenvalue weighted by Crippen LogP contribution is 2.35. The highest BCUT2D eigenvalue weighted by atomic mass is 32.2. The Bertz CT molecular complexity index is 1220. The van der Waals surface area contributed by atoms with Crippen molar-refractivity contribution in [1.82, 2.24) is 4.57 Å². The molecule has 0 unspecified atom stereocenters. The van der Waals surface area contributed by atoms with E-state index >= 15 is 0 Å². The summed E-state index contributed by atoms with van der Waals surface area (Å²) in [7, 11) is -2.59. The molecule has 3 rings (SSSR count). The third kappa shape index (κ3) is 4.52. The van der Waals surface area contributed by atoms with Crippen LogP contribution in [0.25, 0.3) is 0 Å². The fraction of sp³-hybridized carbons (Fsp3) is 0.227. The molecule has 0 saturated heterocycles. The van der Waals surface area contributed by atoms with Crippen LogP contribution >= 0.6 is 0 Å². The Hall–Kier alpha value is -3.04. The summed E-state index contributed by atoms with van der Waals surface area (Å²) in [6.07, 6.45) is 0. The molecule has 0 fully saturated rings. The standard InChI is InChI=1S/C22H22F2N2O4S/c1-14-15(2)26(11-12-30-3)21(25-22(27)16-5-4-6-18(24)13-16)20(14)31(28,29)19-9-7-17(23)8-10-19/h4-10,13H,11-12H2,1-3H3,(H,25,27). The fourth-order valence-electron chi connectivity index (χ4n) is 3.29. The van der Waals surface area contributed by atoms with Crippen LogP contribution in [0.2, 0.25) is 0 Å². The lowest BCUT2D eigenvalue weighted by Crippen LogP contribution is -2.19. The first-order chi connectivity index (χ1) is 14.7. The van der Waals surface area contributed by atoms with Gasteiger partial charge in [-0.3, -0.25) is 4.79 Å². The average Bonchev–Trinajstić information content (AvgIpc) is 2.96. The molecule has 9 heteroatoms. The van der Waals surface area contributed by atoms with E-state index in [1.165, 1.54) is 37.4 Å². The zero-order chi connectivity index (χ0) is 22.8. The highest BCUT2D eigenvalue weighted by Gasteiger charge is 2.30. The number of ether oxygens (including phenoxy) is 1. The van der Waals surface area contributed by atoms with Crippen molar-refractivity contribution in [2.24, 2.45) is 0 Å². The first kappa shape index (κ1) is 22.6. The Balaban J connectivity index is 2.16. The number of methoxy groups -OCH3 is 1. The van der Waals surface area contributed by atoms with Gasteiger partial charge in [-0.2, -0.15) is 0 Å². The van der Waals surface area contributed by atoms with E-state index < -0.39 is 27.4 Å². The van der Waals surface area contributed by atoms with E-state index in [4.69, 9.17) is 4.74 Å². The summed E-state index contributed by atoms with van der Waals surface area (Å²) >= 11 is 0. The molecule has 164 valence electrons. The molecule has 0 saturated carbocycles. The molecule has 0 atom stereocenters. The number of anilines is 1. The lowest BCUT2D eigenvalue weighted by atomic mass is 10.2. The van der Waals surface area contributed by atoms with E-state index in [2.05, 4.69) is 5.32 Å². The molecule has 1 N–H and O–H groups in total. The molecule has 0 spiro atoms. The van der Waals surface area contributed by atoms with Crippen LogP contribution in [0.5, 0.6) is 0 Å². The smallest absolute Gasteiger partial charge is 0.256 e. The summed E-state index contributed by atoms with van der Waals surface area (Å²) in [5, 5.41) is 2.63. The normalized spacial score (nSPS) is 11.5. The Morgan fingerprint density at radius 1 is 1.06 bits per heavy atom. The fourth-order valence-corrected chi connectivity index (χ4v) is 4.99. The molecule has 2 aromatic carbocycles. The molecular weight excluding hydrogens is 426 g/mol. The largest absolute Gasteiger partial charge is 0.383 e. The number of aromatic nitrogens is 1. The van der Waals surface area contributed by atoms with Gasteiger partial charge in [-0.15, -0.1) is 0 Å². The number of hydrogen-bond donors (Lipinski definition) is 1. The second-order valence-electron chi connectivity index (χ2n) is 6.95. The number of carbonyl (C=O) groups is 1. The van der Waals surface area contributed by atoms with E-state index in [9.17, 15) is 22.0 Å². The van der Waals surface area contributed by atoms with Crippen molar-refractivity contribution in [1.29, 1.82) is 0 Å². The van der Waals surface area contributed by atoms with Gasteiger partial charge in [0.2, 0.25) is 9.84 Å². The van der Waals surface area contributed by atoms with E-state index in [1.807, 2.05) is 0 Å². The SMILES string of the molecule is COCCn1c(C)c(C)c(S(=O)(=O)c2ccc(F)cc2)c1NC(=O)c1cccc(F)c1. The number of halogens is 2. The van der Waals surface area contributed by atoms with E-state index in [0.29, 0.717) is 11.3 Å². The number of amides is 1. The van der Waals surface area contributed by atoms with Gasteiger partial charge in [-0.25, -0.2) is 17.2 Å². The molecule has 0 aliphatic heterocycles. The van der Waals surface area contributed by atoms with E-state index in [-0.39, 0.29) is 34.3 Å². The van der Waals surface area contributed by atoms with Crippen LogP contribution in [-0.2, 0) is 21.1 Å². The third-order valence-corrected chi connectivity index (χ3v) is 6.93. The van der Waals surface area contributed by atoms with E-state index in [1.54, 1.807) is 18.4 Å². The van der Waals surface area contributed by atoms with Gasteiger partial charge < -0.3 is 14.6 Å². The van der Waals surface area contributed by atoms with Crippen LogP contribution in [0.4, 0.5) is 14.6 Å². The Morgan fingerprint density at radius 2 is 1.74 bits per heavy atom. The first-order valence-corrected chi connectivity index (χ1v) is 10.9. The lowest BCUT2D eigenvalue weighted by Gasteiger charge is -2.14. The summed E-state index contributed by atoms with van der Waals surface area (Å²) in [6, 6.07) is 9.54. The van der Waals surface area contributed by atoms with Gasteiger partial charge in [0.15, 0.2) is 0 Å². The van der Waals surface area contributed by atoms with Crippen LogP contribution in [0.1, 0.15) is 21.6 Å². The maximum Gasteiger partial charge on any atom is 0.256 e. The summed E-state index contributed by atoms with van der Waals surface area (Å²) in [5.74, 6) is -1.77. The van der Waals surface area contributed by atoms with Gasteiger partial charge in [0.05, 0.1) is 11.5 Å². The number of benzene rings is 2. The Kier molecular flexibility index (Phi) is 6.56. The van der Waals surface area contributed by atoms with Crippen molar-refractivity contribution in [3.05, 3.63) is 77.0 Å². The number of rotatable bonds is 7. The number of hydrogen-bond acceptors (Lipinski definition) is 4. The molecule has 6 nitrogen and oxygen atoms in total. The van der Waals surface area contributed by atoms with Crippen LogP contribution < -0.4 is 5.32 Å². The van der Waals surface area contributed by atoms with Crippen molar-refractivity contribution < 1.29 is 26.7 Å². The van der Waals surface area contributed by atoms with Gasteiger partial charge in [0, 0.05) is 24.9 Å². The minimum absolute atomic E-state index is 0.0416. The molecule has 0 bridgehead atoms. The lowest BCUT2D eigenvalue weighted by molar-refractivity contribution is 0.102. The number of carbonyl (C=O) groups excluding carboxylic acids is 1. The number of sulfone groups is 1. The van der Waals surface area contributed by atoms with Gasteiger partial charge >= 0.3 is 0 Å². The maximum atomic E-state index is 13.6. The molecule has 0 aliphatic carbocycles. The van der Waals surface area contributed by atoms with Crippen molar-refractivity contribution >= 4 is 21.6 Å². The molecule has 0 aliphatic rings. The third-order valence-electron chi connectivity index (χ3n) is 5.00. The predicted octanol–water partition coefficient (Wildman–Crippen LogP) is 4.11. The molecule has 1 amide bonds. The second kappa shape index (κ2) is 8.99. The number of nitrogens with zero attached hydrogens (tertiary/aromatic N) is 1. The zero-order valence-corrected chi connectivity index (χ0v) is 18.1. The second-order valence-corrected chi connectivity index (χ2v) is 8.84. The van der Waals surface area contributed by atoms with Gasteiger partial charge in [-0.05, 0) is 61.9 Å². The van der Waals surface area contributed by atoms with Crippen LogP contribution in [0, 0.1) is 25.5 Å².